The van der Waals surface area contributed by atoms with E-state index in [1.807, 2.05) is 0 Å². The number of methoxy groups -OCH3 is 1. The fourth-order valence-corrected chi connectivity index (χ4v) is 1.23. The van der Waals surface area contributed by atoms with E-state index in [9.17, 15) is 4.79 Å². The highest BCUT2D eigenvalue weighted by molar-refractivity contribution is 5.79. The highest BCUT2D eigenvalue weighted by Gasteiger charge is 2.06. The summed E-state index contributed by atoms with van der Waals surface area (Å²) in [6.45, 7) is 0. The molecule has 2 rings (SSSR count). The predicted molar refractivity (Wildman–Crippen MR) is 50.7 cm³/mol. The zero-order valence-electron chi connectivity index (χ0n) is 7.48. The van der Waals surface area contributed by atoms with E-state index in [-0.39, 0.29) is 0 Å². The van der Waals surface area contributed by atoms with E-state index in [0.29, 0.717) is 16.7 Å². The lowest BCUT2D eigenvalue weighted by Gasteiger charge is -2.00. The second-order valence-corrected chi connectivity index (χ2v) is 2.81. The van der Waals surface area contributed by atoms with Crippen molar-refractivity contribution in [2.45, 2.75) is 0 Å². The maximum atomic E-state index is 11.4. The molecule has 0 aliphatic heterocycles. The van der Waals surface area contributed by atoms with Crippen molar-refractivity contribution in [2.75, 3.05) is 7.11 Å². The van der Waals surface area contributed by atoms with Crippen LogP contribution in [0.25, 0.3) is 11.0 Å². The van der Waals surface area contributed by atoms with Gasteiger partial charge in [-0.15, -0.1) is 0 Å². The van der Waals surface area contributed by atoms with Gasteiger partial charge in [-0.25, -0.2) is 0 Å². The van der Waals surface area contributed by atoms with Gasteiger partial charge in [-0.1, -0.05) is 0 Å². The topological polar surface area (TPSA) is 59.7 Å². The van der Waals surface area contributed by atoms with E-state index in [1.54, 1.807) is 12.1 Å². The number of fused-ring (bicyclic) bond motifs is 1. The van der Waals surface area contributed by atoms with Gasteiger partial charge in [0, 0.05) is 0 Å². The van der Waals surface area contributed by atoms with Crippen molar-refractivity contribution in [3.63, 3.8) is 0 Å². The van der Waals surface area contributed by atoms with Crippen molar-refractivity contribution in [1.82, 2.24) is 0 Å². The van der Waals surface area contributed by atoms with Gasteiger partial charge in [-0.05, 0) is 18.2 Å². The minimum absolute atomic E-state index is 0.310. The summed E-state index contributed by atoms with van der Waals surface area (Å²) in [7, 11) is 1.51. The van der Waals surface area contributed by atoms with Crippen LogP contribution in [0, 0.1) is 0 Å². The number of aromatic hydroxyl groups is 1. The van der Waals surface area contributed by atoms with Crippen LogP contribution >= 0.6 is 0 Å². The van der Waals surface area contributed by atoms with Crippen LogP contribution in [-0.4, -0.2) is 12.2 Å². The lowest BCUT2D eigenvalue weighted by atomic mass is 10.2. The van der Waals surface area contributed by atoms with Crippen molar-refractivity contribution < 1.29 is 14.3 Å². The molecule has 0 spiro atoms. The highest BCUT2D eigenvalue weighted by Crippen LogP contribution is 2.19. The zero-order chi connectivity index (χ0) is 10.1. The molecule has 0 aliphatic carbocycles. The number of ether oxygens (including phenoxy) is 1. The minimum atomic E-state index is -0.454. The standard InChI is InChI=1S/C10H8O4/c1-13-6-2-3-9-7(4-6)10(12)8(11)5-14-9/h2-5,11H,1H3. The van der Waals surface area contributed by atoms with E-state index < -0.39 is 11.2 Å². The van der Waals surface area contributed by atoms with Gasteiger partial charge in [0.2, 0.25) is 5.43 Å². The Labute approximate surface area is 79.4 Å². The first-order valence-corrected chi connectivity index (χ1v) is 4.01. The molecule has 1 aromatic heterocycles. The van der Waals surface area contributed by atoms with Crippen LogP contribution in [-0.2, 0) is 0 Å². The van der Waals surface area contributed by atoms with Crippen molar-refractivity contribution in [3.05, 3.63) is 34.7 Å². The molecule has 1 heterocycles. The van der Waals surface area contributed by atoms with Gasteiger partial charge in [0.25, 0.3) is 0 Å². The monoisotopic (exact) mass is 192 g/mol. The molecule has 72 valence electrons. The van der Waals surface area contributed by atoms with Gasteiger partial charge < -0.3 is 14.3 Å². The Morgan fingerprint density at radius 2 is 2.21 bits per heavy atom. The largest absolute Gasteiger partial charge is 0.502 e. The predicted octanol–water partition coefficient (Wildman–Crippen LogP) is 1.51. The van der Waals surface area contributed by atoms with Gasteiger partial charge in [0.1, 0.15) is 17.6 Å². The summed E-state index contributed by atoms with van der Waals surface area (Å²) < 4.78 is 9.97. The van der Waals surface area contributed by atoms with Crippen LogP contribution in [0.4, 0.5) is 0 Å². The van der Waals surface area contributed by atoms with Crippen LogP contribution in [0.2, 0.25) is 0 Å². The number of rotatable bonds is 1. The first-order valence-electron chi connectivity index (χ1n) is 4.01. The van der Waals surface area contributed by atoms with Gasteiger partial charge >= 0.3 is 0 Å². The summed E-state index contributed by atoms with van der Waals surface area (Å²) in [6.07, 6.45) is 1.02. The first kappa shape index (κ1) is 8.62. The van der Waals surface area contributed by atoms with Gasteiger partial charge in [-0.2, -0.15) is 0 Å². The average molecular weight is 192 g/mol. The fraction of sp³-hybridized carbons (Fsp3) is 0.100. The van der Waals surface area contributed by atoms with Crippen LogP contribution < -0.4 is 10.2 Å². The third kappa shape index (κ3) is 1.21. The van der Waals surface area contributed by atoms with Crippen LogP contribution in [0.15, 0.2) is 33.7 Å². The fourth-order valence-electron chi connectivity index (χ4n) is 1.23. The van der Waals surface area contributed by atoms with Crippen molar-refractivity contribution in [1.29, 1.82) is 0 Å². The summed E-state index contributed by atoms with van der Waals surface area (Å²) in [5.41, 5.74) is -0.0289. The van der Waals surface area contributed by atoms with Crippen molar-refractivity contribution in [2.24, 2.45) is 0 Å². The summed E-state index contributed by atoms with van der Waals surface area (Å²) in [5, 5.41) is 9.44. The minimum Gasteiger partial charge on any atom is -0.502 e. The van der Waals surface area contributed by atoms with E-state index >= 15 is 0 Å². The third-order valence-corrected chi connectivity index (χ3v) is 1.96. The molecular formula is C10H8O4. The van der Waals surface area contributed by atoms with Crippen molar-refractivity contribution >= 4 is 11.0 Å². The molecule has 14 heavy (non-hydrogen) atoms. The summed E-state index contributed by atoms with van der Waals surface area (Å²) >= 11 is 0. The lowest BCUT2D eigenvalue weighted by molar-refractivity contribution is 0.414. The molecule has 4 heteroatoms. The molecule has 0 unspecified atom stereocenters. The molecular weight excluding hydrogens is 184 g/mol. The Morgan fingerprint density at radius 1 is 1.43 bits per heavy atom. The van der Waals surface area contributed by atoms with E-state index in [2.05, 4.69) is 0 Å². The van der Waals surface area contributed by atoms with Crippen LogP contribution in [0.1, 0.15) is 0 Å². The maximum absolute atomic E-state index is 11.4. The molecule has 0 aliphatic rings. The first-order chi connectivity index (χ1) is 6.72. The Kier molecular flexibility index (Phi) is 1.89. The Balaban J connectivity index is 2.85. The molecule has 0 fully saturated rings. The molecule has 2 aromatic rings. The third-order valence-electron chi connectivity index (χ3n) is 1.96. The number of hydrogen-bond acceptors (Lipinski definition) is 4. The summed E-state index contributed by atoms with van der Waals surface area (Å²) in [4.78, 5) is 11.4. The number of benzene rings is 1. The second-order valence-electron chi connectivity index (χ2n) is 2.81. The average Bonchev–Trinajstić information content (AvgIpc) is 2.23. The summed E-state index contributed by atoms with van der Waals surface area (Å²) in [5.74, 6) is 0.154. The van der Waals surface area contributed by atoms with E-state index in [4.69, 9.17) is 14.3 Å². The molecule has 0 radical (unpaired) electrons. The molecule has 1 N–H and O–H groups in total. The normalized spacial score (nSPS) is 10.4. The molecule has 0 amide bonds. The zero-order valence-corrected chi connectivity index (χ0v) is 7.48. The summed E-state index contributed by atoms with van der Waals surface area (Å²) in [6, 6.07) is 4.83. The van der Waals surface area contributed by atoms with Gasteiger partial charge in [0.15, 0.2) is 5.75 Å². The molecule has 0 bridgehead atoms. The highest BCUT2D eigenvalue weighted by atomic mass is 16.5. The van der Waals surface area contributed by atoms with Crippen LogP contribution in [0.5, 0.6) is 11.5 Å². The Morgan fingerprint density at radius 3 is 2.93 bits per heavy atom. The Bertz CT molecular complexity index is 527. The SMILES string of the molecule is COc1ccc2occ(O)c(=O)c2c1. The van der Waals surface area contributed by atoms with E-state index in [1.165, 1.54) is 13.2 Å². The molecule has 4 nitrogen and oxygen atoms in total. The van der Waals surface area contributed by atoms with Gasteiger partial charge in [0.05, 0.1) is 12.5 Å². The quantitative estimate of drug-likeness (QED) is 0.743. The molecule has 1 aromatic carbocycles. The van der Waals surface area contributed by atoms with Crippen molar-refractivity contribution in [3.8, 4) is 11.5 Å². The van der Waals surface area contributed by atoms with Crippen LogP contribution in [0.3, 0.4) is 0 Å². The lowest BCUT2D eigenvalue weighted by Crippen LogP contribution is -2.00. The van der Waals surface area contributed by atoms with Gasteiger partial charge in [-0.3, -0.25) is 4.79 Å². The molecule has 0 saturated heterocycles. The van der Waals surface area contributed by atoms with E-state index in [0.717, 1.165) is 6.26 Å². The molecule has 0 saturated carbocycles. The second kappa shape index (κ2) is 3.06. The number of hydrogen-bond donors (Lipinski definition) is 1. The molecule has 0 atom stereocenters. The smallest absolute Gasteiger partial charge is 0.234 e. The maximum Gasteiger partial charge on any atom is 0.234 e. The Hall–Kier alpha value is -1.97.